The molecule has 3 aromatic rings. The van der Waals surface area contributed by atoms with E-state index < -0.39 is 0 Å². The molecule has 2 atom stereocenters. The summed E-state index contributed by atoms with van der Waals surface area (Å²) in [4.78, 5) is 0. The van der Waals surface area contributed by atoms with Gasteiger partial charge in [-0.05, 0) is 90.0 Å². The molecule has 1 aliphatic carbocycles. The molecule has 0 aromatic heterocycles. The summed E-state index contributed by atoms with van der Waals surface area (Å²) >= 11 is 0. The van der Waals surface area contributed by atoms with Gasteiger partial charge in [-0.25, -0.2) is 0 Å². The Balaban J connectivity index is 1.10. The Hall–Kier alpha value is -3.22. The van der Waals surface area contributed by atoms with Crippen LogP contribution in [0.4, 0.5) is 0 Å². The normalized spacial score (nSPS) is 16.4. The number of hydrogen-bond donors (Lipinski definition) is 0. The van der Waals surface area contributed by atoms with Gasteiger partial charge < -0.3 is 14.2 Å². The first-order valence-electron chi connectivity index (χ1n) is 16.0. The van der Waals surface area contributed by atoms with Crippen LogP contribution in [0.15, 0.2) is 60.7 Å². The van der Waals surface area contributed by atoms with Gasteiger partial charge in [0.15, 0.2) is 0 Å². The molecule has 0 saturated carbocycles. The van der Waals surface area contributed by atoms with E-state index in [2.05, 4.69) is 74.2 Å². The van der Waals surface area contributed by atoms with E-state index in [9.17, 15) is 0 Å². The summed E-state index contributed by atoms with van der Waals surface area (Å²) in [5.74, 6) is 8.96. The van der Waals surface area contributed by atoms with Crippen LogP contribution in [0.25, 0.3) is 11.1 Å². The highest BCUT2D eigenvalue weighted by Gasteiger charge is 2.26. The third-order valence-corrected chi connectivity index (χ3v) is 8.36. The number of rotatable bonds is 16. The zero-order chi connectivity index (χ0) is 28.3. The fourth-order valence-corrected chi connectivity index (χ4v) is 5.75. The minimum absolute atomic E-state index is 0.331. The van der Waals surface area contributed by atoms with Gasteiger partial charge >= 0.3 is 0 Å². The molecule has 0 N–H and O–H groups in total. The van der Waals surface area contributed by atoms with Crippen LogP contribution in [-0.2, 0) is 4.74 Å². The average Bonchev–Trinajstić information content (AvgIpc) is 3.79. The van der Waals surface area contributed by atoms with E-state index >= 15 is 0 Å². The monoisotopic (exact) mass is 550 g/mol. The van der Waals surface area contributed by atoms with Gasteiger partial charge in [0.2, 0.25) is 0 Å². The van der Waals surface area contributed by atoms with Crippen LogP contribution in [0, 0.1) is 11.8 Å². The third-order valence-electron chi connectivity index (χ3n) is 8.36. The lowest BCUT2D eigenvalue weighted by atomic mass is 9.98. The lowest BCUT2D eigenvalue weighted by molar-refractivity contribution is 0.303. The van der Waals surface area contributed by atoms with E-state index in [1.807, 2.05) is 12.1 Å². The number of fused-ring (bicyclic) bond motifs is 3. The van der Waals surface area contributed by atoms with Crippen LogP contribution in [0.5, 0.6) is 11.5 Å². The average molecular weight is 551 g/mol. The second-order valence-electron chi connectivity index (χ2n) is 11.7. The van der Waals surface area contributed by atoms with Crippen molar-refractivity contribution in [2.45, 2.75) is 96.5 Å². The molecular formula is C38H46O3. The fraction of sp³-hybridized carbons (Fsp3) is 0.474. The summed E-state index contributed by atoms with van der Waals surface area (Å²) in [5.41, 5.74) is 7.39. The van der Waals surface area contributed by atoms with Crippen molar-refractivity contribution in [3.05, 3.63) is 82.9 Å². The SMILES string of the molecule is CCCCCCCCOc1ccc(C#Cc2ccc3c(c2)C(C)c2cc(OCCCCCCC4CO4)ccc2-3)cc1. The molecule has 0 radical (unpaired) electrons. The molecule has 2 aliphatic rings. The molecule has 1 saturated heterocycles. The van der Waals surface area contributed by atoms with Crippen molar-refractivity contribution in [3.63, 3.8) is 0 Å². The topological polar surface area (TPSA) is 31.0 Å². The number of benzene rings is 3. The van der Waals surface area contributed by atoms with Crippen molar-refractivity contribution in [2.24, 2.45) is 0 Å². The van der Waals surface area contributed by atoms with E-state index in [1.54, 1.807) is 0 Å². The smallest absolute Gasteiger partial charge is 0.119 e. The molecule has 3 aromatic carbocycles. The molecule has 216 valence electrons. The highest BCUT2D eigenvalue weighted by Crippen LogP contribution is 2.46. The Labute approximate surface area is 247 Å². The first-order valence-corrected chi connectivity index (χ1v) is 16.0. The maximum Gasteiger partial charge on any atom is 0.119 e. The van der Waals surface area contributed by atoms with Gasteiger partial charge in [-0.1, -0.05) is 89.2 Å². The van der Waals surface area contributed by atoms with Crippen LogP contribution >= 0.6 is 0 Å². The molecular weight excluding hydrogens is 504 g/mol. The Bertz CT molecular complexity index is 1310. The lowest BCUT2D eigenvalue weighted by Crippen LogP contribution is -1.99. The Morgan fingerprint density at radius 1 is 0.659 bits per heavy atom. The van der Waals surface area contributed by atoms with Crippen LogP contribution in [-0.4, -0.2) is 25.9 Å². The van der Waals surface area contributed by atoms with Crippen molar-refractivity contribution >= 4 is 0 Å². The number of ether oxygens (including phenoxy) is 3. The summed E-state index contributed by atoms with van der Waals surface area (Å²) < 4.78 is 17.3. The van der Waals surface area contributed by atoms with Crippen LogP contribution in [0.2, 0.25) is 0 Å². The zero-order valence-electron chi connectivity index (χ0n) is 25.1. The highest BCUT2D eigenvalue weighted by atomic mass is 16.6. The molecule has 5 rings (SSSR count). The van der Waals surface area contributed by atoms with Crippen LogP contribution in [0.1, 0.15) is 113 Å². The molecule has 1 fully saturated rings. The third kappa shape index (κ3) is 8.64. The lowest BCUT2D eigenvalue weighted by Gasteiger charge is -2.10. The molecule has 1 aliphatic heterocycles. The van der Waals surface area contributed by atoms with Gasteiger partial charge in [0.1, 0.15) is 11.5 Å². The van der Waals surface area contributed by atoms with E-state index in [4.69, 9.17) is 14.2 Å². The molecule has 41 heavy (non-hydrogen) atoms. The predicted molar refractivity (Wildman–Crippen MR) is 169 cm³/mol. The maximum absolute atomic E-state index is 6.13. The summed E-state index contributed by atoms with van der Waals surface area (Å²) in [6, 6.07) is 21.4. The molecule has 0 spiro atoms. The standard InChI is InChI=1S/C38H46O3/c1-3-4-5-6-8-11-24-39-32-19-16-30(17-20-32)14-15-31-18-22-35-36-23-21-33(27-38(36)29(2)37(35)26-31)40-25-12-9-7-10-13-34-28-41-34/h16-23,26-27,29,34H,3-13,24-25,28H2,1-2H3. The molecule has 2 unspecified atom stereocenters. The largest absolute Gasteiger partial charge is 0.494 e. The van der Waals surface area contributed by atoms with Gasteiger partial charge in [-0.3, -0.25) is 0 Å². The number of unbranched alkanes of at least 4 members (excludes halogenated alkanes) is 8. The minimum atomic E-state index is 0.331. The van der Waals surface area contributed by atoms with Crippen LogP contribution in [0.3, 0.4) is 0 Å². The molecule has 3 nitrogen and oxygen atoms in total. The first kappa shape index (κ1) is 29.3. The van der Waals surface area contributed by atoms with Crippen molar-refractivity contribution in [3.8, 4) is 34.5 Å². The van der Waals surface area contributed by atoms with E-state index in [0.717, 1.165) is 55.3 Å². The summed E-state index contributed by atoms with van der Waals surface area (Å²) in [6.45, 7) is 7.09. The van der Waals surface area contributed by atoms with Gasteiger partial charge in [0, 0.05) is 17.0 Å². The minimum Gasteiger partial charge on any atom is -0.494 e. The van der Waals surface area contributed by atoms with E-state index in [0.29, 0.717) is 12.0 Å². The van der Waals surface area contributed by atoms with Gasteiger partial charge in [0.25, 0.3) is 0 Å². The summed E-state index contributed by atoms with van der Waals surface area (Å²) in [6.07, 6.45) is 14.3. The second-order valence-corrected chi connectivity index (χ2v) is 11.7. The van der Waals surface area contributed by atoms with Crippen molar-refractivity contribution < 1.29 is 14.2 Å². The molecule has 0 bridgehead atoms. The maximum atomic E-state index is 6.13. The second kappa shape index (κ2) is 15.1. The van der Waals surface area contributed by atoms with E-state index in [-0.39, 0.29) is 0 Å². The predicted octanol–water partition coefficient (Wildman–Crippen LogP) is 9.69. The summed E-state index contributed by atoms with van der Waals surface area (Å²) in [5, 5.41) is 0. The van der Waals surface area contributed by atoms with Crippen molar-refractivity contribution in [1.29, 1.82) is 0 Å². The first-order chi connectivity index (χ1) is 20.2. The Kier molecular flexibility index (Phi) is 10.8. The zero-order valence-corrected chi connectivity index (χ0v) is 25.1. The van der Waals surface area contributed by atoms with Gasteiger partial charge in [-0.2, -0.15) is 0 Å². The van der Waals surface area contributed by atoms with Crippen LogP contribution < -0.4 is 9.47 Å². The Morgan fingerprint density at radius 3 is 1.95 bits per heavy atom. The van der Waals surface area contributed by atoms with Gasteiger partial charge in [0.05, 0.1) is 25.9 Å². The molecule has 1 heterocycles. The highest BCUT2D eigenvalue weighted by molar-refractivity contribution is 5.80. The number of epoxide rings is 1. The van der Waals surface area contributed by atoms with E-state index in [1.165, 1.54) is 80.0 Å². The molecule has 0 amide bonds. The fourth-order valence-electron chi connectivity index (χ4n) is 5.75. The quantitative estimate of drug-likeness (QED) is 0.101. The van der Waals surface area contributed by atoms with Gasteiger partial charge in [-0.15, -0.1) is 0 Å². The van der Waals surface area contributed by atoms with Crippen molar-refractivity contribution in [2.75, 3.05) is 19.8 Å². The summed E-state index contributed by atoms with van der Waals surface area (Å²) in [7, 11) is 0. The van der Waals surface area contributed by atoms with Crippen molar-refractivity contribution in [1.82, 2.24) is 0 Å². The Morgan fingerprint density at radius 2 is 1.22 bits per heavy atom. The number of hydrogen-bond acceptors (Lipinski definition) is 3. The molecule has 3 heteroatoms.